The van der Waals surface area contributed by atoms with Gasteiger partial charge in [-0.15, -0.1) is 0 Å². The molecule has 5 rings (SSSR count). The zero-order valence-electron chi connectivity index (χ0n) is 17.4. The number of likely N-dealkylation sites (N-methyl/N-ethyl adjacent to an activating group) is 1. The Hall–Kier alpha value is -3.84. The minimum absolute atomic E-state index is 0.380. The summed E-state index contributed by atoms with van der Waals surface area (Å²) < 4.78 is 2.09. The third kappa shape index (κ3) is 3.10. The minimum Gasteiger partial charge on any atom is -0.399 e. The number of nitrogens with two attached hydrogens (primary N) is 1. The summed E-state index contributed by atoms with van der Waals surface area (Å²) >= 11 is 0. The van der Waals surface area contributed by atoms with Gasteiger partial charge in [-0.25, -0.2) is 0 Å². The van der Waals surface area contributed by atoms with E-state index < -0.39 is 0 Å². The van der Waals surface area contributed by atoms with E-state index in [0.29, 0.717) is 16.8 Å². The standard InChI is InChI=1S/C24H23N5O2/c1-28(2)9-10-29-13-18(16-8-7-14(25)11-20(16)29)22-21(23(30)27-24(22)31)17-12-26-19-6-4-3-5-15(17)19/h3-8,11-13,26H,9-10,25H2,1-2H3,(H,27,30,31). The van der Waals surface area contributed by atoms with Crippen LogP contribution in [-0.4, -0.2) is 46.9 Å². The van der Waals surface area contributed by atoms with Crippen LogP contribution >= 0.6 is 0 Å². The number of aromatic nitrogens is 2. The van der Waals surface area contributed by atoms with Crippen molar-refractivity contribution >= 4 is 50.5 Å². The number of carbonyl (C=O) groups excluding carboxylic acids is 2. The van der Waals surface area contributed by atoms with Crippen LogP contribution in [-0.2, 0) is 16.1 Å². The van der Waals surface area contributed by atoms with Gasteiger partial charge in [0.2, 0.25) is 0 Å². The molecule has 0 atom stereocenters. The summed E-state index contributed by atoms with van der Waals surface area (Å²) in [5, 5.41) is 4.29. The van der Waals surface area contributed by atoms with E-state index in [2.05, 4.69) is 19.8 Å². The van der Waals surface area contributed by atoms with Crippen LogP contribution in [0.5, 0.6) is 0 Å². The summed E-state index contributed by atoms with van der Waals surface area (Å²) in [6.45, 7) is 1.57. The average Bonchev–Trinajstić information content (AvgIpc) is 3.39. The molecule has 0 fully saturated rings. The van der Waals surface area contributed by atoms with Crippen molar-refractivity contribution in [3.8, 4) is 0 Å². The van der Waals surface area contributed by atoms with Gasteiger partial charge in [-0.1, -0.05) is 24.3 Å². The first-order valence-corrected chi connectivity index (χ1v) is 10.1. The molecule has 2 aromatic carbocycles. The van der Waals surface area contributed by atoms with Crippen molar-refractivity contribution in [2.24, 2.45) is 0 Å². The van der Waals surface area contributed by atoms with Crippen LogP contribution in [0.4, 0.5) is 5.69 Å². The molecule has 1 aliphatic rings. The molecule has 156 valence electrons. The third-order valence-corrected chi connectivity index (χ3v) is 5.75. The van der Waals surface area contributed by atoms with Crippen LogP contribution in [0, 0.1) is 0 Å². The Balaban J connectivity index is 1.77. The van der Waals surface area contributed by atoms with E-state index in [-0.39, 0.29) is 11.8 Å². The van der Waals surface area contributed by atoms with Gasteiger partial charge in [0.25, 0.3) is 11.8 Å². The number of nitrogens with one attached hydrogen (secondary N) is 2. The Bertz CT molecular complexity index is 1390. The van der Waals surface area contributed by atoms with Crippen molar-refractivity contribution in [3.63, 3.8) is 0 Å². The molecular weight excluding hydrogens is 390 g/mol. The molecule has 0 spiro atoms. The molecule has 4 aromatic rings. The highest BCUT2D eigenvalue weighted by molar-refractivity contribution is 6.50. The molecule has 7 heteroatoms. The van der Waals surface area contributed by atoms with Crippen LogP contribution < -0.4 is 11.1 Å². The number of carbonyl (C=O) groups is 2. The lowest BCUT2D eigenvalue weighted by atomic mass is 9.95. The first kappa shape index (κ1) is 19.1. The largest absolute Gasteiger partial charge is 0.399 e. The molecule has 2 aromatic heterocycles. The molecule has 0 bridgehead atoms. The van der Waals surface area contributed by atoms with Crippen molar-refractivity contribution in [1.82, 2.24) is 19.8 Å². The van der Waals surface area contributed by atoms with Gasteiger partial charge in [-0.2, -0.15) is 0 Å². The molecule has 7 nitrogen and oxygen atoms in total. The highest BCUT2D eigenvalue weighted by Gasteiger charge is 2.35. The lowest BCUT2D eigenvalue weighted by Crippen LogP contribution is -2.22. The number of hydrogen-bond acceptors (Lipinski definition) is 4. The normalized spacial score (nSPS) is 14.4. The SMILES string of the molecule is CN(C)CCn1cc(C2=C(c3c[nH]c4ccccc34)C(=O)NC2=O)c2ccc(N)cc21. The topological polar surface area (TPSA) is 96.1 Å². The van der Waals surface area contributed by atoms with Crippen LogP contribution in [0.2, 0.25) is 0 Å². The maximum atomic E-state index is 13.0. The predicted octanol–water partition coefficient (Wildman–Crippen LogP) is 2.83. The van der Waals surface area contributed by atoms with E-state index in [0.717, 1.165) is 46.0 Å². The van der Waals surface area contributed by atoms with E-state index in [1.807, 2.05) is 62.8 Å². The van der Waals surface area contributed by atoms with E-state index >= 15 is 0 Å². The number of aromatic amines is 1. The number of imide groups is 1. The fourth-order valence-corrected chi connectivity index (χ4v) is 4.25. The summed E-state index contributed by atoms with van der Waals surface area (Å²) in [5.74, 6) is -0.761. The number of nitrogen functional groups attached to an aromatic ring is 1. The molecule has 3 heterocycles. The molecule has 0 aliphatic carbocycles. The average molecular weight is 413 g/mol. The second-order valence-corrected chi connectivity index (χ2v) is 8.10. The van der Waals surface area contributed by atoms with Crippen LogP contribution in [0.1, 0.15) is 11.1 Å². The predicted molar refractivity (Wildman–Crippen MR) is 123 cm³/mol. The third-order valence-electron chi connectivity index (χ3n) is 5.75. The van der Waals surface area contributed by atoms with Crippen molar-refractivity contribution < 1.29 is 9.59 Å². The molecule has 0 saturated carbocycles. The molecule has 0 saturated heterocycles. The number of benzene rings is 2. The molecular formula is C24H23N5O2. The Morgan fingerprint density at radius 1 is 0.968 bits per heavy atom. The van der Waals surface area contributed by atoms with Gasteiger partial charge in [0, 0.05) is 58.6 Å². The van der Waals surface area contributed by atoms with Gasteiger partial charge in [-0.3, -0.25) is 14.9 Å². The Morgan fingerprint density at radius 3 is 2.48 bits per heavy atom. The molecule has 2 amide bonds. The molecule has 4 N–H and O–H groups in total. The van der Waals surface area contributed by atoms with E-state index in [1.165, 1.54) is 0 Å². The number of nitrogens with zero attached hydrogens (tertiary/aromatic N) is 2. The zero-order chi connectivity index (χ0) is 21.7. The van der Waals surface area contributed by atoms with Crippen molar-refractivity contribution in [1.29, 1.82) is 0 Å². The first-order chi connectivity index (χ1) is 14.9. The maximum Gasteiger partial charge on any atom is 0.259 e. The number of para-hydroxylation sites is 1. The number of anilines is 1. The van der Waals surface area contributed by atoms with Gasteiger partial charge >= 0.3 is 0 Å². The van der Waals surface area contributed by atoms with Crippen LogP contribution in [0.25, 0.3) is 33.0 Å². The van der Waals surface area contributed by atoms with Gasteiger partial charge in [0.1, 0.15) is 0 Å². The quantitative estimate of drug-likeness (QED) is 0.346. The van der Waals surface area contributed by atoms with E-state index in [9.17, 15) is 9.59 Å². The lowest BCUT2D eigenvalue weighted by Gasteiger charge is -2.11. The van der Waals surface area contributed by atoms with Crippen molar-refractivity contribution in [3.05, 3.63) is 66.0 Å². The van der Waals surface area contributed by atoms with Crippen molar-refractivity contribution in [2.45, 2.75) is 6.54 Å². The van der Waals surface area contributed by atoms with E-state index in [4.69, 9.17) is 5.73 Å². The summed E-state index contributed by atoms with van der Waals surface area (Å²) in [6.07, 6.45) is 3.75. The Morgan fingerprint density at radius 2 is 1.71 bits per heavy atom. The molecule has 31 heavy (non-hydrogen) atoms. The van der Waals surface area contributed by atoms with E-state index in [1.54, 1.807) is 6.20 Å². The highest BCUT2D eigenvalue weighted by atomic mass is 16.2. The van der Waals surface area contributed by atoms with Crippen LogP contribution in [0.3, 0.4) is 0 Å². The number of fused-ring (bicyclic) bond motifs is 2. The highest BCUT2D eigenvalue weighted by Crippen LogP contribution is 2.38. The maximum absolute atomic E-state index is 13.0. The van der Waals surface area contributed by atoms with Gasteiger partial charge in [-0.05, 0) is 32.3 Å². The minimum atomic E-state index is -0.381. The molecule has 1 aliphatic heterocycles. The van der Waals surface area contributed by atoms with Gasteiger partial charge in [0.15, 0.2) is 0 Å². The fourth-order valence-electron chi connectivity index (χ4n) is 4.25. The number of rotatable bonds is 5. The number of H-pyrrole nitrogens is 1. The smallest absolute Gasteiger partial charge is 0.259 e. The summed E-state index contributed by atoms with van der Waals surface area (Å²) in [5.41, 5.74) is 10.8. The molecule has 0 unspecified atom stereocenters. The fraction of sp³-hybridized carbons (Fsp3) is 0.167. The lowest BCUT2D eigenvalue weighted by molar-refractivity contribution is -0.122. The molecule has 0 radical (unpaired) electrons. The second kappa shape index (κ2) is 7.14. The zero-order valence-corrected chi connectivity index (χ0v) is 17.4. The first-order valence-electron chi connectivity index (χ1n) is 10.1. The number of amides is 2. The Labute approximate surface area is 179 Å². The monoisotopic (exact) mass is 413 g/mol. The second-order valence-electron chi connectivity index (χ2n) is 8.10. The summed E-state index contributed by atoms with van der Waals surface area (Å²) in [7, 11) is 4.03. The summed E-state index contributed by atoms with van der Waals surface area (Å²) in [4.78, 5) is 31.2. The van der Waals surface area contributed by atoms with Crippen LogP contribution in [0.15, 0.2) is 54.9 Å². The van der Waals surface area contributed by atoms with Crippen molar-refractivity contribution in [2.75, 3.05) is 26.4 Å². The Kier molecular flexibility index (Phi) is 4.41. The number of hydrogen-bond donors (Lipinski definition) is 3. The van der Waals surface area contributed by atoms with Gasteiger partial charge < -0.3 is 20.2 Å². The summed E-state index contributed by atoms with van der Waals surface area (Å²) in [6, 6.07) is 13.4. The van der Waals surface area contributed by atoms with Gasteiger partial charge in [0.05, 0.1) is 16.7 Å².